The van der Waals surface area contributed by atoms with E-state index in [-0.39, 0.29) is 18.9 Å². The zero-order valence-electron chi connectivity index (χ0n) is 11.6. The molecule has 0 saturated carbocycles. The molecule has 5 heteroatoms. The van der Waals surface area contributed by atoms with Gasteiger partial charge in [0.25, 0.3) is 5.91 Å². The average molecular weight is 261 g/mol. The highest BCUT2D eigenvalue weighted by molar-refractivity contribution is 5.94. The molecule has 0 aliphatic rings. The molecule has 100 valence electrons. The van der Waals surface area contributed by atoms with E-state index >= 15 is 0 Å². The van der Waals surface area contributed by atoms with Gasteiger partial charge in [-0.05, 0) is 19.1 Å². The van der Waals surface area contributed by atoms with Crippen molar-refractivity contribution in [1.82, 2.24) is 10.9 Å². The van der Waals surface area contributed by atoms with Crippen LogP contribution in [0.1, 0.15) is 25.1 Å². The minimum atomic E-state index is -0.805. The number of hydrazine groups is 1. The van der Waals surface area contributed by atoms with Gasteiger partial charge in [0.15, 0.2) is 0 Å². The van der Waals surface area contributed by atoms with E-state index in [0.29, 0.717) is 5.56 Å². The van der Waals surface area contributed by atoms with Crippen molar-refractivity contribution in [2.75, 3.05) is 6.61 Å². The number of esters is 1. The Morgan fingerprint density at radius 1 is 1.47 bits per heavy atom. The van der Waals surface area contributed by atoms with Gasteiger partial charge in [-0.25, -0.2) is 5.43 Å². The third-order valence-corrected chi connectivity index (χ3v) is 2.27. The van der Waals surface area contributed by atoms with Crippen molar-refractivity contribution < 1.29 is 15.7 Å². The summed E-state index contributed by atoms with van der Waals surface area (Å²) in [6.07, 6.45) is 2.03. The van der Waals surface area contributed by atoms with Crippen LogP contribution >= 0.6 is 0 Å². The van der Waals surface area contributed by atoms with Crippen LogP contribution in [-0.2, 0) is 9.53 Å². The van der Waals surface area contributed by atoms with Crippen molar-refractivity contribution in [3.8, 4) is 12.3 Å². The molecule has 0 spiro atoms. The first kappa shape index (κ1) is 13.1. The second-order valence-corrected chi connectivity index (χ2v) is 3.65. The minimum absolute atomic E-state index is 0.0808. The van der Waals surface area contributed by atoms with E-state index in [9.17, 15) is 9.59 Å². The van der Waals surface area contributed by atoms with Gasteiger partial charge >= 0.3 is 5.97 Å². The predicted octanol–water partition coefficient (Wildman–Crippen LogP) is 0.876. The molecule has 0 aliphatic heterocycles. The minimum Gasteiger partial charge on any atom is -0.465 e. The summed E-state index contributed by atoms with van der Waals surface area (Å²) in [5, 5.41) is 0. The van der Waals surface area contributed by atoms with Gasteiger partial charge < -0.3 is 4.74 Å². The summed E-state index contributed by atoms with van der Waals surface area (Å²) in [6.45, 7) is 1.92. The summed E-state index contributed by atoms with van der Waals surface area (Å²) in [5.74, 6) is 1.57. The third kappa shape index (κ3) is 4.82. The molecular weight excluding hydrogens is 244 g/mol. The first-order chi connectivity index (χ1) is 9.69. The number of nitrogens with one attached hydrogen (secondary N) is 2. The predicted molar refractivity (Wildman–Crippen MR) is 70.9 cm³/mol. The second kappa shape index (κ2) is 7.90. The van der Waals surface area contributed by atoms with E-state index in [1.54, 1.807) is 37.3 Å². The number of amides is 1. The summed E-state index contributed by atoms with van der Waals surface area (Å²) in [4.78, 5) is 23.4. The molecule has 1 aromatic carbocycles. The molecular formula is C14H16N2O3. The molecule has 19 heavy (non-hydrogen) atoms. The first-order valence-corrected chi connectivity index (χ1v) is 5.86. The van der Waals surface area contributed by atoms with Crippen molar-refractivity contribution >= 4 is 11.9 Å². The molecule has 1 unspecified atom stereocenters. The monoisotopic (exact) mass is 261 g/mol. The topological polar surface area (TPSA) is 67.4 Å². The highest BCUT2D eigenvalue weighted by atomic mass is 16.5. The van der Waals surface area contributed by atoms with Crippen LogP contribution in [-0.4, -0.2) is 24.5 Å². The number of carbonyl (C=O) groups excluding carboxylic acids is 2. The lowest BCUT2D eigenvalue weighted by molar-refractivity contribution is -0.145. The van der Waals surface area contributed by atoms with Gasteiger partial charge in [0.1, 0.15) is 7.41 Å². The average Bonchev–Trinajstić information content (AvgIpc) is 2.48. The third-order valence-electron chi connectivity index (χ3n) is 2.27. The van der Waals surface area contributed by atoms with Gasteiger partial charge in [0.05, 0.1) is 6.61 Å². The van der Waals surface area contributed by atoms with E-state index in [1.165, 1.54) is 0 Å². The van der Waals surface area contributed by atoms with Crippen LogP contribution in [0.25, 0.3) is 0 Å². The van der Waals surface area contributed by atoms with Crippen molar-refractivity contribution in [2.45, 2.75) is 19.4 Å². The normalized spacial score (nSPS) is 11.5. The lowest BCUT2D eigenvalue weighted by Crippen LogP contribution is -2.48. The number of hydrogen-bond acceptors (Lipinski definition) is 4. The van der Waals surface area contributed by atoms with Crippen molar-refractivity contribution in [2.24, 2.45) is 0 Å². The van der Waals surface area contributed by atoms with Crippen LogP contribution < -0.4 is 10.9 Å². The number of carbonyl (C=O) groups is 2. The van der Waals surface area contributed by atoms with Gasteiger partial charge in [-0.1, -0.05) is 18.2 Å². The Kier molecular flexibility index (Phi) is 5.46. The van der Waals surface area contributed by atoms with Crippen LogP contribution in [0.5, 0.6) is 0 Å². The SMILES string of the molecule is [2H]C#CCC(NNC(=O)c1ccccc1)C(=O)OCC. The molecule has 1 aromatic rings. The zero-order chi connectivity index (χ0) is 14.8. The summed E-state index contributed by atoms with van der Waals surface area (Å²) in [5.41, 5.74) is 5.47. The Bertz CT molecular complexity index is 508. The lowest BCUT2D eigenvalue weighted by Gasteiger charge is -2.15. The molecule has 0 aliphatic carbocycles. The fourth-order valence-electron chi connectivity index (χ4n) is 1.35. The van der Waals surface area contributed by atoms with E-state index in [4.69, 9.17) is 6.11 Å². The molecule has 0 heterocycles. The Morgan fingerprint density at radius 3 is 2.84 bits per heavy atom. The van der Waals surface area contributed by atoms with Crippen LogP contribution in [0.15, 0.2) is 30.3 Å². The second-order valence-electron chi connectivity index (χ2n) is 3.65. The van der Waals surface area contributed by atoms with E-state index in [0.717, 1.165) is 0 Å². The van der Waals surface area contributed by atoms with Crippen LogP contribution in [0.2, 0.25) is 0 Å². The van der Waals surface area contributed by atoms with Gasteiger partial charge in [-0.15, -0.1) is 12.3 Å². The maximum Gasteiger partial charge on any atom is 0.325 e. The largest absolute Gasteiger partial charge is 0.465 e. The smallest absolute Gasteiger partial charge is 0.325 e. The Balaban J connectivity index is 2.58. The van der Waals surface area contributed by atoms with Gasteiger partial charge in [-0.3, -0.25) is 15.0 Å². The number of terminal acetylenes is 1. The maximum atomic E-state index is 11.8. The molecule has 0 fully saturated rings. The zero-order valence-corrected chi connectivity index (χ0v) is 10.6. The maximum absolute atomic E-state index is 11.8. The van der Waals surface area contributed by atoms with Crippen LogP contribution in [0.4, 0.5) is 0 Å². The van der Waals surface area contributed by atoms with Gasteiger partial charge in [0, 0.05) is 12.0 Å². The molecule has 0 saturated heterocycles. The first-order valence-electron chi connectivity index (χ1n) is 6.36. The summed E-state index contributed by atoms with van der Waals surface area (Å²) < 4.78 is 11.6. The molecule has 1 atom stereocenters. The fraction of sp³-hybridized carbons (Fsp3) is 0.286. The summed E-state index contributed by atoms with van der Waals surface area (Å²) in [7, 11) is 0. The molecule has 1 rings (SSSR count). The summed E-state index contributed by atoms with van der Waals surface area (Å²) >= 11 is 0. The van der Waals surface area contributed by atoms with E-state index in [2.05, 4.69) is 16.8 Å². The lowest BCUT2D eigenvalue weighted by atomic mass is 10.2. The molecule has 0 bridgehead atoms. The highest BCUT2D eigenvalue weighted by Gasteiger charge is 2.19. The van der Waals surface area contributed by atoms with Crippen LogP contribution in [0.3, 0.4) is 0 Å². The Morgan fingerprint density at radius 2 is 2.21 bits per heavy atom. The van der Waals surface area contributed by atoms with Crippen molar-refractivity contribution in [3.05, 3.63) is 35.9 Å². The summed E-state index contributed by atoms with van der Waals surface area (Å²) in [6, 6.07) is 7.78. The van der Waals surface area contributed by atoms with E-state index < -0.39 is 12.0 Å². The number of benzene rings is 1. The molecule has 0 radical (unpaired) electrons. The van der Waals surface area contributed by atoms with Gasteiger partial charge in [-0.2, -0.15) is 0 Å². The highest BCUT2D eigenvalue weighted by Crippen LogP contribution is 1.98. The molecule has 1 amide bonds. The quantitative estimate of drug-likeness (QED) is 0.453. The van der Waals surface area contributed by atoms with E-state index in [1.807, 2.05) is 6.40 Å². The van der Waals surface area contributed by atoms with Crippen LogP contribution in [0, 0.1) is 12.3 Å². The number of rotatable bonds is 6. The Hall–Kier alpha value is -2.32. The van der Waals surface area contributed by atoms with Crippen molar-refractivity contribution in [1.29, 1.82) is 0 Å². The molecule has 2 N–H and O–H groups in total. The standard InChI is InChI=1S/C14H16N2O3/c1-3-8-12(14(18)19-4-2)15-16-13(17)11-9-6-5-7-10-11/h1,5-7,9-10,12,15H,4,8H2,2H3,(H,16,17)/i1D. The Labute approximate surface area is 113 Å². The number of hydrogen-bond donors (Lipinski definition) is 2. The molecule has 0 aromatic heterocycles. The van der Waals surface area contributed by atoms with Crippen molar-refractivity contribution in [3.63, 3.8) is 0 Å². The number of ether oxygens (including phenoxy) is 1. The molecule has 5 nitrogen and oxygen atoms in total. The van der Waals surface area contributed by atoms with Gasteiger partial charge in [0.2, 0.25) is 0 Å². The fourth-order valence-corrected chi connectivity index (χ4v) is 1.35.